The molecule has 1 aromatic carbocycles. The number of H-pyrrole nitrogens is 1. The molecule has 118 valence electrons. The highest BCUT2D eigenvalue weighted by atomic mass is 16.5. The van der Waals surface area contributed by atoms with E-state index in [2.05, 4.69) is 21.6 Å². The maximum atomic E-state index is 11.1. The molecule has 1 heterocycles. The lowest BCUT2D eigenvalue weighted by Crippen LogP contribution is -2.40. The van der Waals surface area contributed by atoms with Crippen LogP contribution in [0.1, 0.15) is 35.2 Å². The summed E-state index contributed by atoms with van der Waals surface area (Å²) >= 11 is 0. The van der Waals surface area contributed by atoms with Crippen molar-refractivity contribution in [3.8, 4) is 5.75 Å². The Bertz CT molecular complexity index is 653. The molecule has 0 bridgehead atoms. The van der Waals surface area contributed by atoms with Gasteiger partial charge in [-0.2, -0.15) is 5.10 Å². The summed E-state index contributed by atoms with van der Waals surface area (Å²) in [5, 5.41) is 21.4. The van der Waals surface area contributed by atoms with Crippen LogP contribution < -0.4 is 10.1 Å². The van der Waals surface area contributed by atoms with Crippen LogP contribution in [0.2, 0.25) is 0 Å². The molecule has 1 aliphatic rings. The van der Waals surface area contributed by atoms with E-state index >= 15 is 0 Å². The lowest BCUT2D eigenvalue weighted by Gasteiger charge is -2.35. The van der Waals surface area contributed by atoms with E-state index in [1.165, 1.54) is 5.56 Å². The summed E-state index contributed by atoms with van der Waals surface area (Å²) < 4.78 is 5.31. The van der Waals surface area contributed by atoms with Crippen molar-refractivity contribution in [2.75, 3.05) is 13.7 Å². The Hall–Kier alpha value is -1.85. The van der Waals surface area contributed by atoms with E-state index in [4.69, 9.17) is 4.74 Å². The van der Waals surface area contributed by atoms with Gasteiger partial charge in [0.05, 0.1) is 13.3 Å². The number of benzene rings is 1. The maximum absolute atomic E-state index is 11.1. The topological polar surface area (TPSA) is 70.2 Å². The number of aliphatic hydroxyl groups is 1. The number of ether oxygens (including phenoxy) is 1. The van der Waals surface area contributed by atoms with E-state index in [-0.39, 0.29) is 0 Å². The molecule has 5 nitrogen and oxygen atoms in total. The first-order valence-corrected chi connectivity index (χ1v) is 7.72. The first kappa shape index (κ1) is 15.1. The Morgan fingerprint density at radius 3 is 3.05 bits per heavy atom. The van der Waals surface area contributed by atoms with Crippen LogP contribution in [0.15, 0.2) is 24.4 Å². The fraction of sp³-hybridized carbons (Fsp3) is 0.471. The molecule has 5 heteroatoms. The average molecular weight is 301 g/mol. The number of hydrogen-bond acceptors (Lipinski definition) is 4. The zero-order valence-corrected chi connectivity index (χ0v) is 13.1. The summed E-state index contributed by atoms with van der Waals surface area (Å²) in [7, 11) is 1.66. The molecule has 22 heavy (non-hydrogen) atoms. The van der Waals surface area contributed by atoms with E-state index in [0.717, 1.165) is 41.8 Å². The molecule has 0 fully saturated rings. The number of nitrogens with one attached hydrogen (secondary N) is 2. The molecule has 0 aliphatic heterocycles. The molecular formula is C17H23N3O2. The summed E-state index contributed by atoms with van der Waals surface area (Å²) in [6.07, 6.45) is 4.61. The summed E-state index contributed by atoms with van der Waals surface area (Å²) in [5.41, 5.74) is 3.57. The van der Waals surface area contributed by atoms with Gasteiger partial charge in [-0.15, -0.1) is 0 Å². The van der Waals surface area contributed by atoms with Gasteiger partial charge in [0.1, 0.15) is 11.4 Å². The number of fused-ring (bicyclic) bond motifs is 1. The zero-order valence-electron chi connectivity index (χ0n) is 13.1. The molecule has 1 atom stereocenters. The molecule has 0 saturated carbocycles. The Balaban J connectivity index is 1.74. The van der Waals surface area contributed by atoms with E-state index in [0.29, 0.717) is 13.1 Å². The fourth-order valence-electron chi connectivity index (χ4n) is 3.18. The summed E-state index contributed by atoms with van der Waals surface area (Å²) in [4.78, 5) is 0. The van der Waals surface area contributed by atoms with Gasteiger partial charge in [-0.3, -0.25) is 5.10 Å². The van der Waals surface area contributed by atoms with Gasteiger partial charge >= 0.3 is 0 Å². The highest BCUT2D eigenvalue weighted by molar-refractivity contribution is 5.41. The number of nitrogens with zero attached hydrogens (tertiary/aromatic N) is 1. The number of rotatable bonds is 5. The van der Waals surface area contributed by atoms with Gasteiger partial charge in [-0.05, 0) is 49.4 Å². The van der Waals surface area contributed by atoms with E-state index in [1.54, 1.807) is 7.11 Å². The van der Waals surface area contributed by atoms with Crippen LogP contribution in [0.4, 0.5) is 0 Å². The van der Waals surface area contributed by atoms with Crippen LogP contribution >= 0.6 is 0 Å². The third kappa shape index (κ3) is 2.87. The molecule has 1 unspecified atom stereocenters. The minimum absolute atomic E-state index is 0.526. The summed E-state index contributed by atoms with van der Waals surface area (Å²) in [6.45, 7) is 3.22. The predicted molar refractivity (Wildman–Crippen MR) is 84.9 cm³/mol. The van der Waals surface area contributed by atoms with Crippen molar-refractivity contribution in [1.29, 1.82) is 0 Å². The normalized spacial score (nSPS) is 20.7. The van der Waals surface area contributed by atoms with Gasteiger partial charge < -0.3 is 15.2 Å². The quantitative estimate of drug-likeness (QED) is 0.790. The van der Waals surface area contributed by atoms with E-state index in [9.17, 15) is 5.11 Å². The Kier molecular flexibility index (Phi) is 4.18. The van der Waals surface area contributed by atoms with Crippen molar-refractivity contribution < 1.29 is 9.84 Å². The minimum atomic E-state index is -0.834. The van der Waals surface area contributed by atoms with E-state index in [1.807, 2.05) is 25.3 Å². The van der Waals surface area contributed by atoms with Crippen LogP contribution in [-0.2, 0) is 18.6 Å². The number of hydrogen-bond donors (Lipinski definition) is 3. The van der Waals surface area contributed by atoms with Crippen molar-refractivity contribution in [3.05, 3.63) is 46.8 Å². The van der Waals surface area contributed by atoms with Crippen molar-refractivity contribution in [2.45, 2.75) is 38.3 Å². The lowest BCUT2D eigenvalue weighted by molar-refractivity contribution is 0.0187. The standard InChI is InChI=1S/C17H23N3O2/c1-12-14(10-19-20-12)9-18-11-17(21)7-3-4-13-5-6-15(22-2)8-16(13)17/h5-6,8,10,18,21H,3-4,7,9,11H2,1-2H3,(H,19,20). The second-order valence-electron chi connectivity index (χ2n) is 6.03. The van der Waals surface area contributed by atoms with Crippen molar-refractivity contribution in [1.82, 2.24) is 15.5 Å². The van der Waals surface area contributed by atoms with Gasteiger partial charge in [0.15, 0.2) is 0 Å². The predicted octanol–water partition coefficient (Wildman–Crippen LogP) is 2.04. The van der Waals surface area contributed by atoms with Crippen LogP contribution in [0.3, 0.4) is 0 Å². The molecule has 2 aromatic rings. The number of aromatic amines is 1. The van der Waals surface area contributed by atoms with Crippen LogP contribution in [0.5, 0.6) is 5.75 Å². The van der Waals surface area contributed by atoms with Crippen molar-refractivity contribution >= 4 is 0 Å². The Morgan fingerprint density at radius 1 is 1.45 bits per heavy atom. The largest absolute Gasteiger partial charge is 0.497 e. The van der Waals surface area contributed by atoms with Gasteiger partial charge in [0.2, 0.25) is 0 Å². The van der Waals surface area contributed by atoms with Gasteiger partial charge in [0.25, 0.3) is 0 Å². The summed E-state index contributed by atoms with van der Waals surface area (Å²) in [5.74, 6) is 0.796. The number of aromatic nitrogens is 2. The molecule has 3 N–H and O–H groups in total. The molecule has 0 spiro atoms. The van der Waals surface area contributed by atoms with Gasteiger partial charge in [-0.1, -0.05) is 6.07 Å². The molecule has 0 saturated heterocycles. The third-order valence-corrected chi connectivity index (χ3v) is 4.52. The highest BCUT2D eigenvalue weighted by Crippen LogP contribution is 2.37. The first-order valence-electron chi connectivity index (χ1n) is 7.72. The highest BCUT2D eigenvalue weighted by Gasteiger charge is 2.34. The molecule has 1 aliphatic carbocycles. The minimum Gasteiger partial charge on any atom is -0.497 e. The molecule has 1 aromatic heterocycles. The molecular weight excluding hydrogens is 278 g/mol. The van der Waals surface area contributed by atoms with Crippen LogP contribution in [-0.4, -0.2) is 29.0 Å². The molecule has 0 amide bonds. The Morgan fingerprint density at radius 2 is 2.32 bits per heavy atom. The second kappa shape index (κ2) is 6.10. The SMILES string of the molecule is COc1ccc2c(c1)C(O)(CNCc1cn[nH]c1C)CCC2. The fourth-order valence-corrected chi connectivity index (χ4v) is 3.18. The lowest BCUT2D eigenvalue weighted by atomic mass is 9.79. The zero-order chi connectivity index (χ0) is 15.6. The van der Waals surface area contributed by atoms with Crippen LogP contribution in [0, 0.1) is 6.92 Å². The van der Waals surface area contributed by atoms with Crippen molar-refractivity contribution in [2.24, 2.45) is 0 Å². The third-order valence-electron chi connectivity index (χ3n) is 4.52. The monoisotopic (exact) mass is 301 g/mol. The van der Waals surface area contributed by atoms with Gasteiger partial charge in [0, 0.05) is 24.3 Å². The number of aryl methyl sites for hydroxylation is 2. The maximum Gasteiger partial charge on any atom is 0.119 e. The average Bonchev–Trinajstić information content (AvgIpc) is 2.93. The van der Waals surface area contributed by atoms with Crippen molar-refractivity contribution in [3.63, 3.8) is 0 Å². The molecule has 3 rings (SSSR count). The Labute approximate surface area is 130 Å². The first-order chi connectivity index (χ1) is 10.6. The van der Waals surface area contributed by atoms with Crippen LogP contribution in [0.25, 0.3) is 0 Å². The number of methoxy groups -OCH3 is 1. The van der Waals surface area contributed by atoms with E-state index < -0.39 is 5.60 Å². The second-order valence-corrected chi connectivity index (χ2v) is 6.03. The molecule has 0 radical (unpaired) electrons. The smallest absolute Gasteiger partial charge is 0.119 e. The summed E-state index contributed by atoms with van der Waals surface area (Å²) in [6, 6.07) is 6.00. The van der Waals surface area contributed by atoms with Gasteiger partial charge in [-0.25, -0.2) is 0 Å².